The molecule has 26 heavy (non-hydrogen) atoms. The van der Waals surface area contributed by atoms with Crippen molar-refractivity contribution >= 4 is 29.2 Å². The molecule has 0 radical (unpaired) electrons. The maximum absolute atomic E-state index is 12.8. The van der Waals surface area contributed by atoms with Crippen molar-refractivity contribution in [3.8, 4) is 6.07 Å². The van der Waals surface area contributed by atoms with Crippen LogP contribution in [0, 0.1) is 11.3 Å². The summed E-state index contributed by atoms with van der Waals surface area (Å²) in [6.45, 7) is 3.83. The minimum atomic E-state index is -0.899. The molecule has 0 aromatic heterocycles. The molecular weight excluding hydrogens is 383 g/mol. The number of ether oxygens (including phenoxy) is 1. The molecule has 0 bridgehead atoms. The summed E-state index contributed by atoms with van der Waals surface area (Å²) >= 11 is 0. The van der Waals surface area contributed by atoms with E-state index in [9.17, 15) is 14.4 Å². The zero-order valence-corrected chi connectivity index (χ0v) is 15.5. The monoisotopic (exact) mass is 400 g/mol. The topological polar surface area (TPSA) is 112 Å². The molecule has 1 aromatic carbocycles. The van der Waals surface area contributed by atoms with Gasteiger partial charge in [-0.1, -0.05) is 19.9 Å². The van der Waals surface area contributed by atoms with Crippen LogP contribution in [0.25, 0.3) is 0 Å². The van der Waals surface area contributed by atoms with Gasteiger partial charge < -0.3 is 4.74 Å². The van der Waals surface area contributed by atoms with E-state index in [4.69, 9.17) is 5.26 Å². The van der Waals surface area contributed by atoms with Crippen molar-refractivity contribution in [2.24, 2.45) is 5.10 Å². The summed E-state index contributed by atoms with van der Waals surface area (Å²) in [4.78, 5) is 38.0. The molecule has 0 spiro atoms. The molecule has 0 fully saturated rings. The molecule has 138 valence electrons. The number of hydrogen-bond donors (Lipinski definition) is 1. The summed E-state index contributed by atoms with van der Waals surface area (Å²) in [6.07, 6.45) is 1.31. The number of rotatable bonds is 6. The van der Waals surface area contributed by atoms with Crippen molar-refractivity contribution in [2.75, 3.05) is 12.5 Å². The summed E-state index contributed by atoms with van der Waals surface area (Å²) in [5.41, 5.74) is 2.74. The van der Waals surface area contributed by atoms with Crippen molar-refractivity contribution in [3.63, 3.8) is 0 Å². The Morgan fingerprint density at radius 3 is 2.50 bits per heavy atom. The first kappa shape index (κ1) is 21.3. The van der Waals surface area contributed by atoms with Gasteiger partial charge in [0.25, 0.3) is 11.8 Å². The SMILES string of the molecule is CCC(CC)N1C(=O)c2cccc(NN=C(C#N)C(=O)OC)c2C1=O.[Ni+2]. The molecule has 0 saturated carbocycles. The fourth-order valence-electron chi connectivity index (χ4n) is 2.71. The van der Waals surface area contributed by atoms with Gasteiger partial charge in [0, 0.05) is 6.04 Å². The van der Waals surface area contributed by atoms with Crippen LogP contribution >= 0.6 is 0 Å². The summed E-state index contributed by atoms with van der Waals surface area (Å²) in [7, 11) is 1.13. The number of hydrogen-bond acceptors (Lipinski definition) is 7. The number of carbonyl (C=O) groups is 3. The number of benzene rings is 1. The van der Waals surface area contributed by atoms with Crippen LogP contribution in [0.15, 0.2) is 23.3 Å². The van der Waals surface area contributed by atoms with E-state index in [2.05, 4.69) is 15.3 Å². The number of carbonyl (C=O) groups excluding carboxylic acids is 3. The predicted octanol–water partition coefficient (Wildman–Crippen LogP) is 1.93. The van der Waals surface area contributed by atoms with Gasteiger partial charge in [-0.15, -0.1) is 0 Å². The van der Waals surface area contributed by atoms with Gasteiger partial charge in [0.1, 0.15) is 6.07 Å². The van der Waals surface area contributed by atoms with Gasteiger partial charge in [0.15, 0.2) is 0 Å². The number of amides is 2. The molecule has 8 nitrogen and oxygen atoms in total. The molecular formula is C17H18N4NiO4+2. The maximum atomic E-state index is 12.8. The first-order chi connectivity index (χ1) is 12.0. The molecule has 0 saturated heterocycles. The second kappa shape index (κ2) is 9.11. The second-order valence-electron chi connectivity index (χ2n) is 5.35. The number of anilines is 1. The van der Waals surface area contributed by atoms with E-state index in [1.54, 1.807) is 24.3 Å². The number of nitrogens with one attached hydrogen (secondary N) is 1. The summed E-state index contributed by atoms with van der Waals surface area (Å²) in [5.74, 6) is -1.66. The smallest absolute Gasteiger partial charge is 0.464 e. The van der Waals surface area contributed by atoms with E-state index in [0.29, 0.717) is 12.8 Å². The molecule has 1 aliphatic rings. The number of hydrazone groups is 1. The minimum absolute atomic E-state index is 0. The molecule has 0 atom stereocenters. The summed E-state index contributed by atoms with van der Waals surface area (Å²) < 4.78 is 4.44. The third-order valence-electron chi connectivity index (χ3n) is 4.03. The zero-order valence-electron chi connectivity index (χ0n) is 14.5. The number of methoxy groups -OCH3 is 1. The van der Waals surface area contributed by atoms with Crippen molar-refractivity contribution < 1.29 is 35.6 Å². The molecule has 0 unspecified atom stereocenters. The first-order valence-corrected chi connectivity index (χ1v) is 7.83. The first-order valence-electron chi connectivity index (χ1n) is 7.83. The third-order valence-corrected chi connectivity index (χ3v) is 4.03. The van der Waals surface area contributed by atoms with E-state index in [-0.39, 0.29) is 45.3 Å². The number of nitrogens with zero attached hydrogens (tertiary/aromatic N) is 3. The van der Waals surface area contributed by atoms with Gasteiger partial charge in [-0.3, -0.25) is 19.9 Å². The van der Waals surface area contributed by atoms with E-state index in [1.807, 2.05) is 13.8 Å². The van der Waals surface area contributed by atoms with E-state index in [1.165, 1.54) is 4.90 Å². The van der Waals surface area contributed by atoms with Crippen molar-refractivity contribution in [3.05, 3.63) is 29.3 Å². The standard InChI is InChI=1S/C17H18N4O4.Ni/c1-4-10(5-2)21-15(22)11-7-6-8-12(14(11)16(21)23)19-20-13(9-18)17(24)25-3;/h6-8,10,19H,4-5H2,1-3H3;/q;+2. The summed E-state index contributed by atoms with van der Waals surface area (Å²) in [6, 6.07) is 6.14. The van der Waals surface area contributed by atoms with Crippen LogP contribution in [0.3, 0.4) is 0 Å². The van der Waals surface area contributed by atoms with Crippen molar-refractivity contribution in [1.29, 1.82) is 5.26 Å². The van der Waals surface area contributed by atoms with Crippen LogP contribution in [-0.4, -0.2) is 41.5 Å². The Hall–Kier alpha value is -2.72. The van der Waals surface area contributed by atoms with Gasteiger partial charge >= 0.3 is 22.5 Å². The van der Waals surface area contributed by atoms with Gasteiger partial charge in [-0.2, -0.15) is 10.4 Å². The third kappa shape index (κ3) is 3.76. The maximum Gasteiger partial charge on any atom is 2.00 e. The molecule has 1 aromatic rings. The van der Waals surface area contributed by atoms with Gasteiger partial charge in [-0.25, -0.2) is 4.79 Å². The number of fused-ring (bicyclic) bond motifs is 1. The van der Waals surface area contributed by atoms with Gasteiger partial charge in [-0.05, 0) is 25.0 Å². The Labute approximate surface area is 161 Å². The number of nitriles is 1. The molecule has 0 aliphatic carbocycles. The van der Waals surface area contributed by atoms with E-state index in [0.717, 1.165) is 7.11 Å². The van der Waals surface area contributed by atoms with E-state index >= 15 is 0 Å². The Morgan fingerprint density at radius 2 is 1.96 bits per heavy atom. The molecule has 2 amide bonds. The average Bonchev–Trinajstić information content (AvgIpc) is 2.89. The van der Waals surface area contributed by atoms with Crippen LogP contribution < -0.4 is 5.43 Å². The Bertz CT molecular complexity index is 796. The number of esters is 1. The normalized spacial score (nSPS) is 13.2. The minimum Gasteiger partial charge on any atom is -0.464 e. The molecule has 1 N–H and O–H groups in total. The van der Waals surface area contributed by atoms with Crippen LogP contribution in [-0.2, 0) is 26.0 Å². The fourth-order valence-corrected chi connectivity index (χ4v) is 2.71. The predicted molar refractivity (Wildman–Crippen MR) is 90.0 cm³/mol. The van der Waals surface area contributed by atoms with Crippen molar-refractivity contribution in [1.82, 2.24) is 4.90 Å². The fraction of sp³-hybridized carbons (Fsp3) is 0.353. The molecule has 1 aliphatic heterocycles. The van der Waals surface area contributed by atoms with E-state index < -0.39 is 17.6 Å². The molecule has 2 rings (SSSR count). The second-order valence-corrected chi connectivity index (χ2v) is 5.35. The van der Waals surface area contributed by atoms with Crippen LogP contribution in [0.1, 0.15) is 47.4 Å². The number of imide groups is 1. The molecule has 9 heteroatoms. The quantitative estimate of drug-likeness (QED) is 0.256. The van der Waals surface area contributed by atoms with Crippen molar-refractivity contribution in [2.45, 2.75) is 32.7 Å². The van der Waals surface area contributed by atoms with Crippen LogP contribution in [0.2, 0.25) is 0 Å². The largest absolute Gasteiger partial charge is 2.00 e. The zero-order chi connectivity index (χ0) is 18.6. The van der Waals surface area contributed by atoms with Gasteiger partial charge in [0.2, 0.25) is 5.71 Å². The Kier molecular flexibility index (Phi) is 7.47. The average molecular weight is 401 g/mol. The Balaban J connectivity index is 0.00000338. The van der Waals surface area contributed by atoms with Gasteiger partial charge in [0.05, 0.1) is 23.9 Å². The van der Waals surface area contributed by atoms with Crippen LogP contribution in [0.5, 0.6) is 0 Å². The summed E-state index contributed by atoms with van der Waals surface area (Å²) in [5, 5.41) is 12.6. The van der Waals surface area contributed by atoms with Crippen LogP contribution in [0.4, 0.5) is 5.69 Å². The Morgan fingerprint density at radius 1 is 1.31 bits per heavy atom. The molecule has 1 heterocycles.